The highest BCUT2D eigenvalue weighted by molar-refractivity contribution is 5.85. The lowest BCUT2D eigenvalue weighted by molar-refractivity contribution is -0.139. The summed E-state index contributed by atoms with van der Waals surface area (Å²) >= 11 is 0. The Kier molecular flexibility index (Phi) is 8.12. The van der Waals surface area contributed by atoms with Gasteiger partial charge in [-0.25, -0.2) is 9.97 Å². The average Bonchev–Trinajstić information content (AvgIpc) is 3.26. The molecule has 4 aromatic rings. The first-order valence-electron chi connectivity index (χ1n) is 11.9. The van der Waals surface area contributed by atoms with Gasteiger partial charge in [0.05, 0.1) is 35.6 Å². The number of benzene rings is 2. The number of halogens is 3. The van der Waals surface area contributed by atoms with Crippen LogP contribution in [-0.2, 0) is 11.0 Å². The number of aliphatic hydroxyl groups is 2. The molecule has 2 unspecified atom stereocenters. The van der Waals surface area contributed by atoms with E-state index in [0.29, 0.717) is 28.3 Å². The summed E-state index contributed by atoms with van der Waals surface area (Å²) < 4.78 is 42.5. The van der Waals surface area contributed by atoms with E-state index in [1.165, 1.54) is 30.6 Å². The third-order valence-corrected chi connectivity index (χ3v) is 5.84. The number of aromatic nitrogens is 3. The fourth-order valence-corrected chi connectivity index (χ4v) is 4.11. The topological polar surface area (TPSA) is 134 Å². The van der Waals surface area contributed by atoms with Crippen molar-refractivity contribution in [2.75, 3.05) is 5.73 Å². The molecule has 0 aliphatic carbocycles. The van der Waals surface area contributed by atoms with Gasteiger partial charge in [-0.2, -0.15) is 13.2 Å². The molecule has 202 valence electrons. The number of nitrogen functional groups attached to an aromatic ring is 1. The van der Waals surface area contributed by atoms with Gasteiger partial charge >= 0.3 is 12.1 Å². The Balaban J connectivity index is 1.93. The Morgan fingerprint density at radius 3 is 2.38 bits per heavy atom. The number of pyridine rings is 1. The first-order chi connectivity index (χ1) is 18.5. The van der Waals surface area contributed by atoms with Crippen LogP contribution < -0.4 is 5.73 Å². The van der Waals surface area contributed by atoms with E-state index >= 15 is 0 Å². The lowest BCUT2D eigenvalue weighted by atomic mass is 10.0. The van der Waals surface area contributed by atoms with Crippen LogP contribution in [0.2, 0.25) is 0 Å². The molecule has 2 atom stereocenters. The summed E-state index contributed by atoms with van der Waals surface area (Å²) in [6.07, 6.45) is -3.71. The predicted octanol–water partition coefficient (Wildman–Crippen LogP) is 4.94. The summed E-state index contributed by atoms with van der Waals surface area (Å²) in [6.45, 7) is 0. The van der Waals surface area contributed by atoms with Gasteiger partial charge in [0.2, 0.25) is 0 Å². The Morgan fingerprint density at radius 2 is 1.72 bits per heavy atom. The van der Waals surface area contributed by atoms with Gasteiger partial charge in [-0.1, -0.05) is 42.5 Å². The van der Waals surface area contributed by atoms with Crippen LogP contribution in [0.25, 0.3) is 40.1 Å². The lowest BCUT2D eigenvalue weighted by Gasteiger charge is -2.14. The molecule has 8 nitrogen and oxygen atoms in total. The van der Waals surface area contributed by atoms with Gasteiger partial charge in [-0.15, -0.1) is 0 Å². The van der Waals surface area contributed by atoms with Crippen molar-refractivity contribution >= 4 is 18.0 Å². The molecule has 39 heavy (non-hydrogen) atoms. The first kappa shape index (κ1) is 27.6. The highest BCUT2D eigenvalue weighted by Crippen LogP contribution is 2.39. The molecule has 0 aliphatic heterocycles. The van der Waals surface area contributed by atoms with Crippen LogP contribution in [0.3, 0.4) is 0 Å². The molecule has 0 bridgehead atoms. The zero-order valence-electron chi connectivity index (χ0n) is 20.5. The van der Waals surface area contributed by atoms with Crippen LogP contribution in [0.1, 0.15) is 18.4 Å². The number of imidazole rings is 1. The third-order valence-electron chi connectivity index (χ3n) is 5.84. The maximum Gasteiger partial charge on any atom is 0.416 e. The minimum atomic E-state index is -4.59. The third kappa shape index (κ3) is 6.70. The zero-order valence-corrected chi connectivity index (χ0v) is 20.5. The summed E-state index contributed by atoms with van der Waals surface area (Å²) in [7, 11) is 0. The Hall–Kier alpha value is -4.48. The molecule has 11 heteroatoms. The largest absolute Gasteiger partial charge is 0.481 e. The van der Waals surface area contributed by atoms with Crippen molar-refractivity contribution in [3.05, 3.63) is 84.6 Å². The average molecular weight is 539 g/mol. The number of aliphatic hydroxyl groups excluding tert-OH is 2. The number of carboxylic acid groups (broad SMARTS) is 1. The van der Waals surface area contributed by atoms with Gasteiger partial charge < -0.3 is 21.1 Å². The molecule has 0 spiro atoms. The lowest BCUT2D eigenvalue weighted by Crippen LogP contribution is -2.19. The smallest absolute Gasteiger partial charge is 0.416 e. The Morgan fingerprint density at radius 1 is 1.00 bits per heavy atom. The number of nitrogens with two attached hydrogens (primary N) is 1. The number of hydrogen-bond donors (Lipinski definition) is 4. The van der Waals surface area contributed by atoms with Gasteiger partial charge in [0.1, 0.15) is 11.6 Å². The number of carboxylic acids is 1. The van der Waals surface area contributed by atoms with Crippen LogP contribution in [0.15, 0.2) is 79.0 Å². The quantitative estimate of drug-likeness (QED) is 0.237. The van der Waals surface area contributed by atoms with Crippen molar-refractivity contribution in [3.8, 4) is 33.9 Å². The van der Waals surface area contributed by atoms with Crippen molar-refractivity contribution in [1.29, 1.82) is 0 Å². The maximum absolute atomic E-state index is 13.6. The van der Waals surface area contributed by atoms with Crippen LogP contribution in [-0.4, -0.2) is 48.0 Å². The van der Waals surface area contributed by atoms with Crippen molar-refractivity contribution < 1.29 is 33.3 Å². The molecule has 5 N–H and O–H groups in total. The molecule has 2 aromatic carbocycles. The highest BCUT2D eigenvalue weighted by atomic mass is 19.4. The van der Waals surface area contributed by atoms with E-state index in [4.69, 9.17) is 15.8 Å². The maximum atomic E-state index is 13.6. The molecule has 0 radical (unpaired) electrons. The standard InChI is InChI=1S/C28H25F3N4O4/c29-28(30,31)20-8-4-7-19(13-20)26-25(18-9-11-33-23(32)14-18)34-27(17-5-2-1-3-6-17)35(26)12-10-21(36)15-22(37)16-24(38)39/h1-14,21-22,36-37H,15-16H2,(H2,32,33)(H,38,39). The number of alkyl halides is 3. The summed E-state index contributed by atoms with van der Waals surface area (Å²) in [6, 6.07) is 16.9. The van der Waals surface area contributed by atoms with E-state index in [1.807, 2.05) is 0 Å². The number of rotatable bonds is 9. The summed E-state index contributed by atoms with van der Waals surface area (Å²) in [5.74, 6) is -0.660. The second-order valence-corrected chi connectivity index (χ2v) is 8.81. The van der Waals surface area contributed by atoms with Gasteiger partial charge in [0.15, 0.2) is 0 Å². The van der Waals surface area contributed by atoms with E-state index in [9.17, 15) is 28.2 Å². The second kappa shape index (κ2) is 11.5. The molecule has 0 aliphatic rings. The second-order valence-electron chi connectivity index (χ2n) is 8.81. The molecule has 0 fully saturated rings. The van der Waals surface area contributed by atoms with E-state index in [1.54, 1.807) is 47.0 Å². The van der Waals surface area contributed by atoms with Gasteiger partial charge in [0, 0.05) is 35.5 Å². The molecular weight excluding hydrogens is 513 g/mol. The Labute approximate surface area is 221 Å². The molecule has 2 aromatic heterocycles. The Bertz CT molecular complexity index is 1490. The first-order valence-corrected chi connectivity index (χ1v) is 11.9. The fourth-order valence-electron chi connectivity index (χ4n) is 4.11. The zero-order chi connectivity index (χ0) is 28.2. The summed E-state index contributed by atoms with van der Waals surface area (Å²) in [5, 5.41) is 29.3. The van der Waals surface area contributed by atoms with Gasteiger partial charge in [-0.3, -0.25) is 9.36 Å². The van der Waals surface area contributed by atoms with E-state index in [-0.39, 0.29) is 17.8 Å². The van der Waals surface area contributed by atoms with Gasteiger partial charge in [0.25, 0.3) is 0 Å². The molecule has 2 heterocycles. The van der Waals surface area contributed by atoms with Crippen LogP contribution >= 0.6 is 0 Å². The molecule has 0 saturated heterocycles. The molecular formula is C28H25F3N4O4. The minimum Gasteiger partial charge on any atom is -0.481 e. The number of hydrogen-bond acceptors (Lipinski definition) is 6. The van der Waals surface area contributed by atoms with Crippen molar-refractivity contribution in [3.63, 3.8) is 0 Å². The molecule has 0 amide bonds. The number of anilines is 1. The van der Waals surface area contributed by atoms with Crippen LogP contribution in [0, 0.1) is 0 Å². The SMILES string of the molecule is Nc1cc(-c2nc(-c3ccccc3)n(C=CC(O)CC(O)CC(=O)O)c2-c2cccc(C(F)(F)F)c2)ccn1. The molecule has 4 rings (SSSR count). The number of aliphatic carboxylic acids is 1. The predicted molar refractivity (Wildman–Crippen MR) is 140 cm³/mol. The van der Waals surface area contributed by atoms with E-state index in [0.717, 1.165) is 12.1 Å². The minimum absolute atomic E-state index is 0.191. The molecule has 0 saturated carbocycles. The van der Waals surface area contributed by atoms with Crippen molar-refractivity contribution in [1.82, 2.24) is 14.5 Å². The van der Waals surface area contributed by atoms with Crippen LogP contribution in [0.4, 0.5) is 19.0 Å². The number of carbonyl (C=O) groups is 1. The van der Waals surface area contributed by atoms with E-state index < -0.39 is 36.3 Å². The summed E-state index contributed by atoms with van der Waals surface area (Å²) in [5.41, 5.74) is 7.02. The normalized spacial score (nSPS) is 13.5. The number of nitrogens with zero attached hydrogens (tertiary/aromatic N) is 3. The monoisotopic (exact) mass is 538 g/mol. The van der Waals surface area contributed by atoms with Crippen molar-refractivity contribution in [2.24, 2.45) is 0 Å². The van der Waals surface area contributed by atoms with E-state index in [2.05, 4.69) is 4.98 Å². The highest BCUT2D eigenvalue weighted by Gasteiger charge is 2.31. The van der Waals surface area contributed by atoms with Crippen LogP contribution in [0.5, 0.6) is 0 Å². The summed E-state index contributed by atoms with van der Waals surface area (Å²) in [4.78, 5) is 19.6. The fraction of sp³-hybridized carbons (Fsp3) is 0.179. The van der Waals surface area contributed by atoms with Crippen molar-refractivity contribution in [2.45, 2.75) is 31.2 Å². The van der Waals surface area contributed by atoms with Gasteiger partial charge in [-0.05, 0) is 30.3 Å².